The first-order chi connectivity index (χ1) is 9.85. The predicted octanol–water partition coefficient (Wildman–Crippen LogP) is 2.83. The molecule has 0 bridgehead atoms. The van der Waals surface area contributed by atoms with Gasteiger partial charge in [0, 0.05) is 17.8 Å². The molecule has 0 aromatic heterocycles. The zero-order valence-electron chi connectivity index (χ0n) is 12.5. The van der Waals surface area contributed by atoms with Crippen molar-refractivity contribution in [3.05, 3.63) is 29.6 Å². The second-order valence-corrected chi connectivity index (χ2v) is 5.94. The van der Waals surface area contributed by atoms with E-state index < -0.39 is 11.7 Å². The number of hydrogen-bond donors (Lipinski definition) is 2. The summed E-state index contributed by atoms with van der Waals surface area (Å²) in [7, 11) is 0. The van der Waals surface area contributed by atoms with E-state index in [4.69, 9.17) is 9.47 Å². The van der Waals surface area contributed by atoms with Gasteiger partial charge in [0.25, 0.3) is 0 Å². The molecule has 1 atom stereocenters. The van der Waals surface area contributed by atoms with Gasteiger partial charge < -0.3 is 14.8 Å². The molecule has 0 radical (unpaired) electrons. The highest BCUT2D eigenvalue weighted by Crippen LogP contribution is 2.22. The van der Waals surface area contributed by atoms with Crippen molar-refractivity contribution in [2.45, 2.75) is 32.4 Å². The molecule has 1 fully saturated rings. The monoisotopic (exact) mass is 296 g/mol. The number of carbonyl (C=O) groups excluding carboxylic acids is 1. The van der Waals surface area contributed by atoms with E-state index in [1.807, 2.05) is 0 Å². The van der Waals surface area contributed by atoms with Crippen molar-refractivity contribution in [1.82, 2.24) is 5.32 Å². The Kier molecular flexibility index (Phi) is 4.80. The quantitative estimate of drug-likeness (QED) is 0.881. The average Bonchev–Trinajstić information content (AvgIpc) is 2.37. The second kappa shape index (κ2) is 6.41. The van der Waals surface area contributed by atoms with Crippen LogP contribution in [0.5, 0.6) is 0 Å². The third-order valence-corrected chi connectivity index (χ3v) is 2.94. The predicted molar refractivity (Wildman–Crippen MR) is 77.8 cm³/mol. The van der Waals surface area contributed by atoms with E-state index in [-0.39, 0.29) is 11.9 Å². The smallest absolute Gasteiger partial charge is 0.412 e. The fraction of sp³-hybridized carbons (Fsp3) is 0.533. The summed E-state index contributed by atoms with van der Waals surface area (Å²) >= 11 is 0. The van der Waals surface area contributed by atoms with Gasteiger partial charge in [-0.25, -0.2) is 9.18 Å². The minimum atomic E-state index is -0.603. The van der Waals surface area contributed by atoms with Crippen LogP contribution in [0.15, 0.2) is 18.2 Å². The zero-order valence-corrected chi connectivity index (χ0v) is 12.5. The van der Waals surface area contributed by atoms with Crippen LogP contribution in [0.2, 0.25) is 0 Å². The lowest BCUT2D eigenvalue weighted by Crippen LogP contribution is -2.35. The van der Waals surface area contributed by atoms with Crippen LogP contribution in [-0.2, 0) is 9.47 Å². The van der Waals surface area contributed by atoms with E-state index in [1.165, 1.54) is 6.07 Å². The van der Waals surface area contributed by atoms with Crippen molar-refractivity contribution in [2.24, 2.45) is 0 Å². The maximum atomic E-state index is 14.1. The van der Waals surface area contributed by atoms with Crippen LogP contribution in [0.1, 0.15) is 32.4 Å². The Balaban J connectivity index is 2.03. The summed E-state index contributed by atoms with van der Waals surface area (Å²) < 4.78 is 24.6. The number of morpholine rings is 1. The van der Waals surface area contributed by atoms with Gasteiger partial charge in [0.2, 0.25) is 0 Å². The summed E-state index contributed by atoms with van der Waals surface area (Å²) in [6, 6.07) is 4.43. The second-order valence-electron chi connectivity index (χ2n) is 5.94. The van der Waals surface area contributed by atoms with Gasteiger partial charge in [-0.1, -0.05) is 6.07 Å². The van der Waals surface area contributed by atoms with Crippen molar-refractivity contribution in [1.29, 1.82) is 0 Å². The van der Waals surface area contributed by atoms with Gasteiger partial charge in [-0.3, -0.25) is 5.32 Å². The van der Waals surface area contributed by atoms with Crippen LogP contribution in [0.3, 0.4) is 0 Å². The van der Waals surface area contributed by atoms with E-state index in [2.05, 4.69) is 10.6 Å². The molecule has 1 amide bonds. The molecule has 2 N–H and O–H groups in total. The third-order valence-electron chi connectivity index (χ3n) is 2.94. The number of benzene rings is 1. The standard InChI is InChI=1S/C15H21FN2O3/c1-15(2,3)21-14(19)18-10-4-5-11(12(16)8-10)13-9-20-7-6-17-13/h4-5,8,13,17H,6-7,9H2,1-3H3,(H,18,19). The van der Waals surface area contributed by atoms with Gasteiger partial charge >= 0.3 is 6.09 Å². The summed E-state index contributed by atoms with van der Waals surface area (Å²) in [5, 5.41) is 5.71. The van der Waals surface area contributed by atoms with Gasteiger partial charge in [-0.05, 0) is 32.9 Å². The van der Waals surface area contributed by atoms with Crippen molar-refractivity contribution in [2.75, 3.05) is 25.1 Å². The molecular weight excluding hydrogens is 275 g/mol. The number of amides is 1. The van der Waals surface area contributed by atoms with Crippen molar-refractivity contribution < 1.29 is 18.7 Å². The molecule has 1 aromatic carbocycles. The van der Waals surface area contributed by atoms with Crippen LogP contribution in [0.25, 0.3) is 0 Å². The number of anilines is 1. The Labute approximate surface area is 123 Å². The summed E-state index contributed by atoms with van der Waals surface area (Å²) in [6.07, 6.45) is -0.603. The number of hydrogen-bond acceptors (Lipinski definition) is 4. The lowest BCUT2D eigenvalue weighted by Gasteiger charge is -2.24. The molecule has 1 aliphatic heterocycles. The maximum absolute atomic E-state index is 14.1. The molecule has 1 saturated heterocycles. The van der Waals surface area contributed by atoms with Gasteiger partial charge in [-0.15, -0.1) is 0 Å². The molecule has 21 heavy (non-hydrogen) atoms. The highest BCUT2D eigenvalue weighted by molar-refractivity contribution is 5.84. The van der Waals surface area contributed by atoms with E-state index in [9.17, 15) is 9.18 Å². The van der Waals surface area contributed by atoms with Crippen LogP contribution >= 0.6 is 0 Å². The Bertz CT molecular complexity index is 508. The minimum absolute atomic E-state index is 0.158. The number of ether oxygens (including phenoxy) is 2. The van der Waals surface area contributed by atoms with E-state index in [1.54, 1.807) is 32.9 Å². The summed E-state index contributed by atoms with van der Waals surface area (Å²) in [5.41, 5.74) is 0.304. The van der Waals surface area contributed by atoms with Gasteiger partial charge in [0.15, 0.2) is 0 Å². The Morgan fingerprint density at radius 1 is 1.48 bits per heavy atom. The first-order valence-electron chi connectivity index (χ1n) is 6.96. The fourth-order valence-electron chi connectivity index (χ4n) is 2.07. The first-order valence-corrected chi connectivity index (χ1v) is 6.96. The first kappa shape index (κ1) is 15.7. The summed E-state index contributed by atoms with van der Waals surface area (Å²) in [6.45, 7) is 7.08. The molecule has 0 saturated carbocycles. The SMILES string of the molecule is CC(C)(C)OC(=O)Nc1ccc(C2COCCN2)c(F)c1. The number of nitrogens with one attached hydrogen (secondary N) is 2. The fourth-order valence-corrected chi connectivity index (χ4v) is 2.07. The molecule has 116 valence electrons. The molecule has 0 spiro atoms. The molecule has 5 nitrogen and oxygen atoms in total. The topological polar surface area (TPSA) is 59.6 Å². The van der Waals surface area contributed by atoms with Crippen molar-refractivity contribution in [3.8, 4) is 0 Å². The van der Waals surface area contributed by atoms with E-state index >= 15 is 0 Å². The molecule has 6 heteroatoms. The third kappa shape index (κ3) is 4.68. The Morgan fingerprint density at radius 3 is 2.81 bits per heavy atom. The highest BCUT2D eigenvalue weighted by Gasteiger charge is 2.20. The van der Waals surface area contributed by atoms with Gasteiger partial charge in [0.05, 0.1) is 19.3 Å². The number of carbonyl (C=O) groups is 1. The molecule has 1 aliphatic rings. The normalized spacial score (nSPS) is 19.1. The van der Waals surface area contributed by atoms with E-state index in [0.717, 1.165) is 0 Å². The van der Waals surface area contributed by atoms with Gasteiger partial charge in [0.1, 0.15) is 11.4 Å². The minimum Gasteiger partial charge on any atom is -0.444 e. The maximum Gasteiger partial charge on any atom is 0.412 e. The van der Waals surface area contributed by atoms with Crippen molar-refractivity contribution in [3.63, 3.8) is 0 Å². The molecule has 2 rings (SSSR count). The summed E-state index contributed by atoms with van der Waals surface area (Å²) in [5.74, 6) is -0.383. The summed E-state index contributed by atoms with van der Waals surface area (Å²) in [4.78, 5) is 11.6. The Hall–Kier alpha value is -1.66. The van der Waals surface area contributed by atoms with E-state index in [0.29, 0.717) is 31.0 Å². The highest BCUT2D eigenvalue weighted by atomic mass is 19.1. The largest absolute Gasteiger partial charge is 0.444 e. The molecule has 1 aromatic rings. The lowest BCUT2D eigenvalue weighted by atomic mass is 10.1. The zero-order chi connectivity index (χ0) is 15.5. The van der Waals surface area contributed by atoms with Crippen LogP contribution < -0.4 is 10.6 Å². The van der Waals surface area contributed by atoms with Crippen LogP contribution in [0.4, 0.5) is 14.9 Å². The lowest BCUT2D eigenvalue weighted by molar-refractivity contribution is 0.0636. The molecule has 1 unspecified atom stereocenters. The molecule has 1 heterocycles. The van der Waals surface area contributed by atoms with Crippen LogP contribution in [-0.4, -0.2) is 31.5 Å². The van der Waals surface area contributed by atoms with Gasteiger partial charge in [-0.2, -0.15) is 0 Å². The molecule has 0 aliphatic carbocycles. The number of halogens is 1. The Morgan fingerprint density at radius 2 is 2.24 bits per heavy atom. The average molecular weight is 296 g/mol. The van der Waals surface area contributed by atoms with Crippen LogP contribution in [0, 0.1) is 5.82 Å². The van der Waals surface area contributed by atoms with Crippen molar-refractivity contribution >= 4 is 11.8 Å². The number of rotatable bonds is 2. The molecular formula is C15H21FN2O3.